The van der Waals surface area contributed by atoms with E-state index in [1.165, 1.54) is 28.8 Å². The molecule has 0 saturated carbocycles. The Morgan fingerprint density at radius 3 is 2.38 bits per heavy atom. The molecule has 0 saturated heterocycles. The number of hydrogen-bond donors (Lipinski definition) is 1. The van der Waals surface area contributed by atoms with Gasteiger partial charge in [-0.15, -0.1) is 0 Å². The summed E-state index contributed by atoms with van der Waals surface area (Å²) in [6.45, 7) is 11.8. The molecule has 1 amide bonds. The van der Waals surface area contributed by atoms with Gasteiger partial charge in [-0.05, 0) is 31.0 Å². The van der Waals surface area contributed by atoms with Crippen LogP contribution in [0, 0.1) is 19.8 Å². The molecule has 2 aromatic rings. The molecule has 1 aromatic heterocycles. The molecule has 34 heavy (non-hydrogen) atoms. The van der Waals surface area contributed by atoms with Crippen molar-refractivity contribution in [1.29, 1.82) is 0 Å². The lowest BCUT2D eigenvalue weighted by molar-refractivity contribution is -0.119. The van der Waals surface area contributed by atoms with Gasteiger partial charge < -0.3 is 14.4 Å². The van der Waals surface area contributed by atoms with Gasteiger partial charge in [0, 0.05) is 25.8 Å². The zero-order valence-corrected chi connectivity index (χ0v) is 21.6. The van der Waals surface area contributed by atoms with Crippen LogP contribution in [-0.4, -0.2) is 35.1 Å². The highest BCUT2D eigenvalue weighted by molar-refractivity contribution is 6.30. The van der Waals surface area contributed by atoms with Crippen molar-refractivity contribution in [2.24, 2.45) is 5.92 Å². The number of aromatic nitrogens is 1. The van der Waals surface area contributed by atoms with Gasteiger partial charge in [-0.2, -0.15) is 0 Å². The molecule has 0 fully saturated rings. The van der Waals surface area contributed by atoms with E-state index in [2.05, 4.69) is 0 Å². The summed E-state index contributed by atoms with van der Waals surface area (Å²) in [4.78, 5) is 40.1. The van der Waals surface area contributed by atoms with E-state index < -0.39 is 29.2 Å². The number of aryl methyl sites for hydroxylation is 2. The number of methoxy groups -OCH3 is 1. The number of carbonyl (C=O) groups is 2. The molecule has 0 bridgehead atoms. The first-order valence-electron chi connectivity index (χ1n) is 11.4. The highest BCUT2D eigenvalue weighted by Crippen LogP contribution is 2.43. The molecular formula is C26H33ClN2O5. The summed E-state index contributed by atoms with van der Waals surface area (Å²) in [5.74, 6) is -2.04. The minimum Gasteiger partial charge on any atom is -0.503 e. The molecule has 0 radical (unpaired) electrons. The first-order valence-corrected chi connectivity index (χ1v) is 11.7. The van der Waals surface area contributed by atoms with E-state index in [1.807, 2.05) is 45.9 Å². The topological polar surface area (TPSA) is 88.8 Å². The fourth-order valence-electron chi connectivity index (χ4n) is 3.93. The summed E-state index contributed by atoms with van der Waals surface area (Å²) in [7, 11) is 1.52. The minimum atomic E-state index is -0.845. The molecule has 0 aliphatic carbocycles. The van der Waals surface area contributed by atoms with E-state index in [9.17, 15) is 19.5 Å². The molecule has 1 N–H and O–H groups in total. The SMILES string of the molecule is CC.COCCn1cc(N2C(=O)C(O)=C(C(=O)C(C)C)C2c2ccc(C)cc2C)cc(Cl)c1=O. The molecule has 7 nitrogen and oxygen atoms in total. The number of aliphatic hydroxyl groups excluding tert-OH is 1. The predicted octanol–water partition coefficient (Wildman–Crippen LogP) is 4.92. The number of hydrogen-bond acceptors (Lipinski definition) is 5. The number of ether oxygens (including phenoxy) is 1. The molecule has 3 rings (SSSR count). The average molecular weight is 489 g/mol. The van der Waals surface area contributed by atoms with Crippen molar-refractivity contribution in [3.8, 4) is 0 Å². The van der Waals surface area contributed by atoms with Crippen molar-refractivity contribution in [3.05, 3.63) is 73.9 Å². The van der Waals surface area contributed by atoms with E-state index in [1.54, 1.807) is 13.8 Å². The van der Waals surface area contributed by atoms with E-state index >= 15 is 0 Å². The predicted molar refractivity (Wildman–Crippen MR) is 135 cm³/mol. The summed E-state index contributed by atoms with van der Waals surface area (Å²) in [6, 6.07) is 6.24. The minimum absolute atomic E-state index is 0.0442. The number of amides is 1. The molecule has 1 unspecified atom stereocenters. The quantitative estimate of drug-likeness (QED) is 0.597. The third kappa shape index (κ3) is 5.26. The van der Waals surface area contributed by atoms with E-state index in [4.69, 9.17) is 16.3 Å². The Bertz CT molecular complexity index is 1170. The smallest absolute Gasteiger partial charge is 0.294 e. The number of anilines is 1. The molecule has 0 spiro atoms. The largest absolute Gasteiger partial charge is 0.503 e. The highest BCUT2D eigenvalue weighted by atomic mass is 35.5. The molecule has 1 aliphatic rings. The third-order valence-electron chi connectivity index (χ3n) is 5.56. The number of halogens is 1. The normalized spacial score (nSPS) is 15.6. The lowest BCUT2D eigenvalue weighted by Crippen LogP contribution is -2.33. The van der Waals surface area contributed by atoms with Gasteiger partial charge in [-0.3, -0.25) is 19.3 Å². The van der Waals surface area contributed by atoms with Crippen LogP contribution in [0.5, 0.6) is 0 Å². The number of ketones is 1. The van der Waals surface area contributed by atoms with Crippen LogP contribution in [0.1, 0.15) is 50.4 Å². The van der Waals surface area contributed by atoms with Crippen LogP contribution < -0.4 is 10.5 Å². The van der Waals surface area contributed by atoms with E-state index in [0.717, 1.165) is 11.1 Å². The van der Waals surface area contributed by atoms with Crippen LogP contribution in [0.25, 0.3) is 0 Å². The first kappa shape index (κ1) is 27.3. The van der Waals surface area contributed by atoms with Crippen LogP contribution in [0.15, 0.2) is 46.6 Å². The van der Waals surface area contributed by atoms with Gasteiger partial charge in [0.15, 0.2) is 11.5 Å². The number of Topliss-reactive ketones (excluding diaryl/α,β-unsaturated/α-hetero) is 1. The molecule has 8 heteroatoms. The monoisotopic (exact) mass is 488 g/mol. The fourth-order valence-corrected chi connectivity index (χ4v) is 4.15. The molecule has 1 aliphatic heterocycles. The second kappa shape index (κ2) is 11.5. The number of rotatable bonds is 7. The maximum atomic E-state index is 13.2. The Balaban J connectivity index is 0.00000199. The standard InChI is InChI=1S/C24H27ClN2O5.C2H6/c1-13(2)21(28)19-20(17-7-6-14(3)10-15(17)4)27(24(31)22(19)29)16-11-18(25)23(30)26(12-16)8-9-32-5;1-2/h6-7,10-13,20,29H,8-9H2,1-5H3;1-2H3. The van der Waals surface area contributed by atoms with Gasteiger partial charge in [0.1, 0.15) is 5.02 Å². The summed E-state index contributed by atoms with van der Waals surface area (Å²) in [6.07, 6.45) is 1.50. The van der Waals surface area contributed by atoms with Gasteiger partial charge in [-0.25, -0.2) is 0 Å². The van der Waals surface area contributed by atoms with Crippen molar-refractivity contribution in [1.82, 2.24) is 4.57 Å². The van der Waals surface area contributed by atoms with Crippen molar-refractivity contribution in [3.63, 3.8) is 0 Å². The maximum absolute atomic E-state index is 13.2. The van der Waals surface area contributed by atoms with Gasteiger partial charge in [0.25, 0.3) is 11.5 Å². The Kier molecular flexibility index (Phi) is 9.24. The third-order valence-corrected chi connectivity index (χ3v) is 5.83. The Morgan fingerprint density at radius 2 is 1.82 bits per heavy atom. The summed E-state index contributed by atoms with van der Waals surface area (Å²) < 4.78 is 6.41. The molecular weight excluding hydrogens is 456 g/mol. The van der Waals surface area contributed by atoms with Crippen molar-refractivity contribution in [2.45, 2.75) is 54.1 Å². The van der Waals surface area contributed by atoms with Crippen molar-refractivity contribution < 1.29 is 19.4 Å². The van der Waals surface area contributed by atoms with Crippen LogP contribution in [0.3, 0.4) is 0 Å². The van der Waals surface area contributed by atoms with Crippen molar-refractivity contribution >= 4 is 29.0 Å². The van der Waals surface area contributed by atoms with Gasteiger partial charge in [0.2, 0.25) is 0 Å². The van der Waals surface area contributed by atoms with Gasteiger partial charge in [-0.1, -0.05) is 63.1 Å². The zero-order chi connectivity index (χ0) is 25.7. The number of carbonyl (C=O) groups excluding carboxylic acids is 2. The Morgan fingerprint density at radius 1 is 1.18 bits per heavy atom. The molecule has 1 atom stereocenters. The van der Waals surface area contributed by atoms with Gasteiger partial charge in [0.05, 0.1) is 23.9 Å². The molecule has 2 heterocycles. The number of benzene rings is 1. The van der Waals surface area contributed by atoms with Gasteiger partial charge >= 0.3 is 0 Å². The Labute approximate surface area is 205 Å². The second-order valence-electron chi connectivity index (χ2n) is 8.26. The Hall–Kier alpha value is -2.90. The summed E-state index contributed by atoms with van der Waals surface area (Å²) in [5, 5.41) is 10.7. The van der Waals surface area contributed by atoms with Crippen LogP contribution >= 0.6 is 11.6 Å². The summed E-state index contributed by atoms with van der Waals surface area (Å²) in [5.41, 5.74) is 2.54. The molecule has 184 valence electrons. The number of pyridine rings is 1. The lowest BCUT2D eigenvalue weighted by Gasteiger charge is -2.29. The first-order chi connectivity index (χ1) is 16.1. The number of nitrogens with zero attached hydrogens (tertiary/aromatic N) is 2. The maximum Gasteiger partial charge on any atom is 0.294 e. The zero-order valence-electron chi connectivity index (χ0n) is 20.8. The van der Waals surface area contributed by atoms with Crippen LogP contribution in [-0.2, 0) is 20.9 Å². The van der Waals surface area contributed by atoms with Crippen molar-refractivity contribution in [2.75, 3.05) is 18.6 Å². The fraction of sp³-hybridized carbons (Fsp3) is 0.423. The van der Waals surface area contributed by atoms with Crippen LogP contribution in [0.2, 0.25) is 5.02 Å². The van der Waals surface area contributed by atoms with Crippen LogP contribution in [0.4, 0.5) is 5.69 Å². The number of aliphatic hydroxyl groups is 1. The molecule has 1 aromatic carbocycles. The van der Waals surface area contributed by atoms with E-state index in [-0.39, 0.29) is 29.5 Å². The average Bonchev–Trinajstić information content (AvgIpc) is 3.05. The second-order valence-corrected chi connectivity index (χ2v) is 8.66. The lowest BCUT2D eigenvalue weighted by atomic mass is 9.88. The highest BCUT2D eigenvalue weighted by Gasteiger charge is 2.45. The summed E-state index contributed by atoms with van der Waals surface area (Å²) >= 11 is 6.20. The van der Waals surface area contributed by atoms with E-state index in [0.29, 0.717) is 11.3 Å².